The number of hydrogen-bond acceptors (Lipinski definition) is 4. The lowest BCUT2D eigenvalue weighted by Gasteiger charge is -2.27. The maximum Gasteiger partial charge on any atom is 0.129 e. The van der Waals surface area contributed by atoms with Crippen LogP contribution in [0.2, 0.25) is 0 Å². The number of nitrogens with two attached hydrogens (primary N) is 1. The van der Waals surface area contributed by atoms with Gasteiger partial charge in [0.2, 0.25) is 0 Å². The van der Waals surface area contributed by atoms with Gasteiger partial charge in [0.05, 0.1) is 6.61 Å². The van der Waals surface area contributed by atoms with Crippen LogP contribution in [0.4, 0.5) is 5.82 Å². The van der Waals surface area contributed by atoms with Gasteiger partial charge in [0.25, 0.3) is 0 Å². The lowest BCUT2D eigenvalue weighted by molar-refractivity contribution is 0.298. The summed E-state index contributed by atoms with van der Waals surface area (Å²) in [5.41, 5.74) is 6.97. The Kier molecular flexibility index (Phi) is 4.45. The quantitative estimate of drug-likeness (QED) is 0.523. The molecule has 0 aliphatic rings. The van der Waals surface area contributed by atoms with Crippen LogP contribution in [0.1, 0.15) is 25.1 Å². The Labute approximate surface area is 102 Å². The molecule has 0 saturated heterocycles. The Hall–Kier alpha value is -1.62. The number of aliphatic hydroxyl groups is 1. The first-order chi connectivity index (χ1) is 7.95. The average molecular weight is 236 g/mol. The molecule has 0 amide bonds. The zero-order chi connectivity index (χ0) is 13.0. The van der Waals surface area contributed by atoms with E-state index in [4.69, 9.17) is 16.2 Å². The topological polar surface area (TPSA) is 86.2 Å². The van der Waals surface area contributed by atoms with Gasteiger partial charge < -0.3 is 15.7 Å². The van der Waals surface area contributed by atoms with Crippen LogP contribution in [0, 0.1) is 12.3 Å². The Balaban J connectivity index is 3.14. The number of aryl methyl sites for hydroxylation is 1. The fourth-order valence-electron chi connectivity index (χ4n) is 1.70. The van der Waals surface area contributed by atoms with Gasteiger partial charge in [-0.15, -0.1) is 0 Å². The molecule has 0 unspecified atom stereocenters. The van der Waals surface area contributed by atoms with Crippen molar-refractivity contribution >= 4 is 11.7 Å². The second-order valence-corrected chi connectivity index (χ2v) is 4.28. The fourth-order valence-corrected chi connectivity index (χ4v) is 1.70. The van der Waals surface area contributed by atoms with Crippen molar-refractivity contribution in [1.82, 2.24) is 4.98 Å². The summed E-state index contributed by atoms with van der Waals surface area (Å²) >= 11 is 0. The van der Waals surface area contributed by atoms with Gasteiger partial charge in [-0.2, -0.15) is 0 Å². The molecular formula is C12H20N4O. The number of aromatic nitrogens is 1. The Bertz CT molecular complexity index is 403. The summed E-state index contributed by atoms with van der Waals surface area (Å²) in [5, 5.41) is 16.5. The average Bonchev–Trinajstić information content (AvgIpc) is 2.24. The maximum atomic E-state index is 9.06. The van der Waals surface area contributed by atoms with Gasteiger partial charge in [-0.1, -0.05) is 0 Å². The smallest absolute Gasteiger partial charge is 0.129 e. The molecule has 17 heavy (non-hydrogen) atoms. The van der Waals surface area contributed by atoms with Crippen molar-refractivity contribution < 1.29 is 5.11 Å². The minimum absolute atomic E-state index is 0.0319. The number of amidine groups is 1. The highest BCUT2D eigenvalue weighted by atomic mass is 16.3. The number of anilines is 1. The van der Waals surface area contributed by atoms with Crippen molar-refractivity contribution in [2.24, 2.45) is 5.73 Å². The van der Waals surface area contributed by atoms with E-state index in [0.29, 0.717) is 12.1 Å². The summed E-state index contributed by atoms with van der Waals surface area (Å²) in [6.45, 7) is 6.53. The summed E-state index contributed by atoms with van der Waals surface area (Å²) < 4.78 is 0. The highest BCUT2D eigenvalue weighted by molar-refractivity contribution is 5.95. The predicted octanol–water partition coefficient (Wildman–Crippen LogP) is 0.881. The Morgan fingerprint density at radius 3 is 2.65 bits per heavy atom. The van der Waals surface area contributed by atoms with Crippen LogP contribution in [0.15, 0.2) is 12.1 Å². The molecule has 1 aromatic rings. The number of nitrogens with zero attached hydrogens (tertiary/aromatic N) is 2. The van der Waals surface area contributed by atoms with Gasteiger partial charge >= 0.3 is 0 Å². The molecule has 0 saturated carbocycles. The zero-order valence-electron chi connectivity index (χ0n) is 10.6. The number of hydrogen-bond donors (Lipinski definition) is 3. The molecule has 1 rings (SSSR count). The van der Waals surface area contributed by atoms with E-state index in [1.807, 2.05) is 25.7 Å². The van der Waals surface area contributed by atoms with Crippen molar-refractivity contribution in [2.45, 2.75) is 26.8 Å². The first kappa shape index (κ1) is 13.4. The number of pyridine rings is 1. The van der Waals surface area contributed by atoms with E-state index in [-0.39, 0.29) is 18.5 Å². The van der Waals surface area contributed by atoms with E-state index in [0.717, 1.165) is 11.5 Å². The second kappa shape index (κ2) is 5.63. The van der Waals surface area contributed by atoms with E-state index in [9.17, 15) is 0 Å². The van der Waals surface area contributed by atoms with Gasteiger partial charge in [0.1, 0.15) is 11.7 Å². The highest BCUT2D eigenvalue weighted by Crippen LogP contribution is 2.17. The monoisotopic (exact) mass is 236 g/mol. The number of aliphatic hydroxyl groups excluding tert-OH is 1. The van der Waals surface area contributed by atoms with Crippen molar-refractivity contribution in [2.75, 3.05) is 18.1 Å². The highest BCUT2D eigenvalue weighted by Gasteiger charge is 2.13. The van der Waals surface area contributed by atoms with Crippen LogP contribution in [0.5, 0.6) is 0 Å². The normalized spacial score (nSPS) is 10.6. The summed E-state index contributed by atoms with van der Waals surface area (Å²) in [5.74, 6) is 0.781. The van der Waals surface area contributed by atoms with Crippen LogP contribution in [0.25, 0.3) is 0 Å². The molecule has 0 bridgehead atoms. The van der Waals surface area contributed by atoms with Crippen molar-refractivity contribution in [1.29, 1.82) is 5.41 Å². The third-order valence-electron chi connectivity index (χ3n) is 2.51. The summed E-state index contributed by atoms with van der Waals surface area (Å²) in [6.07, 6.45) is 0. The first-order valence-electron chi connectivity index (χ1n) is 5.66. The van der Waals surface area contributed by atoms with Gasteiger partial charge in [-0.05, 0) is 32.9 Å². The molecular weight excluding hydrogens is 216 g/mol. The van der Waals surface area contributed by atoms with Crippen LogP contribution in [-0.2, 0) is 0 Å². The van der Waals surface area contributed by atoms with Crippen LogP contribution in [-0.4, -0.2) is 35.1 Å². The van der Waals surface area contributed by atoms with Gasteiger partial charge in [-0.3, -0.25) is 5.41 Å². The molecule has 5 heteroatoms. The van der Waals surface area contributed by atoms with Gasteiger partial charge in [0, 0.05) is 23.8 Å². The van der Waals surface area contributed by atoms with Crippen LogP contribution in [0.3, 0.4) is 0 Å². The van der Waals surface area contributed by atoms with Gasteiger partial charge in [-0.25, -0.2) is 4.98 Å². The molecule has 4 N–H and O–H groups in total. The minimum Gasteiger partial charge on any atom is -0.395 e. The molecule has 0 aliphatic heterocycles. The van der Waals surface area contributed by atoms with Crippen molar-refractivity contribution in [3.63, 3.8) is 0 Å². The zero-order valence-corrected chi connectivity index (χ0v) is 10.6. The first-order valence-corrected chi connectivity index (χ1v) is 5.66. The SMILES string of the molecule is Cc1cc(C(=N)N)cc(N(CCO)C(C)C)n1. The molecule has 5 nitrogen and oxygen atoms in total. The predicted molar refractivity (Wildman–Crippen MR) is 69.6 cm³/mol. The summed E-state index contributed by atoms with van der Waals surface area (Å²) in [4.78, 5) is 6.40. The van der Waals surface area contributed by atoms with Crippen molar-refractivity contribution in [3.8, 4) is 0 Å². The maximum absolute atomic E-state index is 9.06. The van der Waals surface area contributed by atoms with E-state index >= 15 is 0 Å². The third kappa shape index (κ3) is 3.42. The molecule has 0 aliphatic carbocycles. The summed E-state index contributed by atoms with van der Waals surface area (Å²) in [7, 11) is 0. The third-order valence-corrected chi connectivity index (χ3v) is 2.51. The Morgan fingerprint density at radius 1 is 1.53 bits per heavy atom. The lowest BCUT2D eigenvalue weighted by atomic mass is 10.2. The van der Waals surface area contributed by atoms with Crippen molar-refractivity contribution in [3.05, 3.63) is 23.4 Å². The lowest BCUT2D eigenvalue weighted by Crippen LogP contribution is -2.34. The van der Waals surface area contributed by atoms with Crippen LogP contribution >= 0.6 is 0 Å². The molecule has 1 aromatic heterocycles. The number of rotatable bonds is 5. The van der Waals surface area contributed by atoms with Gasteiger partial charge in [0.15, 0.2) is 0 Å². The minimum atomic E-state index is 0.0319. The molecule has 0 atom stereocenters. The molecule has 0 spiro atoms. The second-order valence-electron chi connectivity index (χ2n) is 4.28. The van der Waals surface area contributed by atoms with Crippen LogP contribution < -0.4 is 10.6 Å². The molecule has 0 radical (unpaired) electrons. The molecule has 94 valence electrons. The Morgan fingerprint density at radius 2 is 2.18 bits per heavy atom. The number of nitrogen functional groups attached to an aromatic ring is 1. The molecule has 1 heterocycles. The summed E-state index contributed by atoms with van der Waals surface area (Å²) in [6, 6.07) is 3.80. The molecule has 0 aromatic carbocycles. The van der Waals surface area contributed by atoms with E-state index in [1.165, 1.54) is 0 Å². The largest absolute Gasteiger partial charge is 0.395 e. The number of nitrogens with one attached hydrogen (secondary N) is 1. The fraction of sp³-hybridized carbons (Fsp3) is 0.500. The van der Waals surface area contributed by atoms with E-state index in [2.05, 4.69) is 4.98 Å². The van der Waals surface area contributed by atoms with E-state index < -0.39 is 0 Å². The molecule has 0 fully saturated rings. The standard InChI is InChI=1S/C12H20N4O/c1-8(2)16(4-5-17)11-7-10(12(13)14)6-9(3)15-11/h6-8,17H,4-5H2,1-3H3,(H3,13,14). The van der Waals surface area contributed by atoms with E-state index in [1.54, 1.807) is 12.1 Å².